The van der Waals surface area contributed by atoms with Gasteiger partial charge in [0.15, 0.2) is 68.0 Å². The third-order valence-electron chi connectivity index (χ3n) is 15.2. The Labute approximate surface area is 656 Å². The molecule has 606 valence electrons. The van der Waals surface area contributed by atoms with Gasteiger partial charge < -0.3 is 20.0 Å². The average Bonchev–Trinajstić information content (AvgIpc) is 1.16. The van der Waals surface area contributed by atoms with Gasteiger partial charge in [-0.25, -0.2) is 101 Å². The molecule has 1 saturated carbocycles. The topological polar surface area (TPSA) is 282 Å². The minimum Gasteiger partial charge on any atom is -0.477 e. The zero-order chi connectivity index (χ0) is 83.6. The third kappa shape index (κ3) is 23.9. The predicted molar refractivity (Wildman–Crippen MR) is 398 cm³/mol. The lowest BCUT2D eigenvalue weighted by molar-refractivity contribution is -0.191. The second-order valence-corrected chi connectivity index (χ2v) is 26.6. The van der Waals surface area contributed by atoms with Crippen molar-refractivity contribution < 1.29 is 109 Å². The van der Waals surface area contributed by atoms with Gasteiger partial charge in [-0.1, -0.05) is 64.0 Å². The standard InChI is InChI=1S/C21H10F5N3O3S.C20H10F5N3OS.C18H10F5N3OS.C8H12O2.C4H8O.C3H6O.CO2.2CH4/c1-33-21-27-16(10-3-2-8(22)4-13(10)24)11-7-12(20(31)32)19(30)29(18(11)28-21)17-14(25)5-9(23)6-15(17)26;1-30-20-26-17(11-3-2-9(21)6-13(11)23)12-4-5-16(29)28(19(12)27-20)18-14(24)7-10(22)8-15(18)25;1-28-18-25-15(10-3-2-8(19)4-12(10)21)11(7-27)17(26-18)24-16-13(22)5-9(20)6-14(16)23;1-8(2)4-6(9)3-7(10)5-8;1-2-4-5-3-1;1-3(2)4;2-1-3;;/h2-7H,1H3,(H,31,32);2-8H,1H3;2-7H,1H3,(H,24,25,26);3-5H2,1-2H3;1-4H2;1-2H3;;2*1H4. The largest absolute Gasteiger partial charge is 0.477 e. The van der Waals surface area contributed by atoms with Gasteiger partial charge in [0.25, 0.3) is 11.1 Å². The Bertz CT molecular complexity index is 5580. The van der Waals surface area contributed by atoms with Gasteiger partial charge >= 0.3 is 12.1 Å². The molecule has 0 atom stereocenters. The summed E-state index contributed by atoms with van der Waals surface area (Å²) in [4.78, 5) is 121. The number of nitrogens with zero attached hydrogens (tertiary/aromatic N) is 8. The summed E-state index contributed by atoms with van der Waals surface area (Å²) in [7, 11) is 0. The highest BCUT2D eigenvalue weighted by atomic mass is 32.2. The maximum absolute atomic E-state index is 14.6. The van der Waals surface area contributed by atoms with Crippen LogP contribution in [0.15, 0.2) is 134 Å². The molecule has 1 aliphatic carbocycles. The molecule has 0 bridgehead atoms. The van der Waals surface area contributed by atoms with Gasteiger partial charge in [0.05, 0.1) is 29.1 Å². The van der Waals surface area contributed by atoms with Crippen molar-refractivity contribution in [2.75, 3.05) is 37.3 Å². The number of carbonyl (C=O) groups excluding carboxylic acids is 6. The van der Waals surface area contributed by atoms with Crippen LogP contribution in [0.4, 0.5) is 77.4 Å². The summed E-state index contributed by atoms with van der Waals surface area (Å²) in [5.74, 6) is -18.9. The van der Waals surface area contributed by atoms with Crippen LogP contribution in [0.2, 0.25) is 0 Å². The number of pyridine rings is 2. The number of benzene rings is 6. The van der Waals surface area contributed by atoms with Crippen LogP contribution >= 0.6 is 35.3 Å². The number of rotatable bonds is 12. The smallest absolute Gasteiger partial charge is 0.373 e. The number of carboxylic acid groups (broad SMARTS) is 1. The van der Waals surface area contributed by atoms with E-state index in [1.807, 2.05) is 13.8 Å². The van der Waals surface area contributed by atoms with Crippen molar-refractivity contribution in [1.29, 1.82) is 0 Å². The van der Waals surface area contributed by atoms with Crippen molar-refractivity contribution in [2.45, 2.75) is 90.1 Å². The van der Waals surface area contributed by atoms with Gasteiger partial charge in [-0.15, -0.1) is 0 Å². The number of halogens is 15. The molecule has 0 spiro atoms. The van der Waals surface area contributed by atoms with Crippen molar-refractivity contribution in [3.63, 3.8) is 0 Å². The lowest BCUT2D eigenvalue weighted by Crippen LogP contribution is -2.28. The first-order valence-corrected chi connectivity index (χ1v) is 35.9. The lowest BCUT2D eigenvalue weighted by atomic mass is 9.76. The molecular formula is C77H64F15N9O11S3. The molecule has 0 unspecified atom stereocenters. The quantitative estimate of drug-likeness (QED) is 0.0378. The first-order valence-electron chi connectivity index (χ1n) is 32.2. The number of carboxylic acids is 1. The van der Waals surface area contributed by atoms with Crippen molar-refractivity contribution in [1.82, 2.24) is 39.0 Å². The van der Waals surface area contributed by atoms with E-state index in [9.17, 15) is 105 Å². The van der Waals surface area contributed by atoms with E-state index < -0.39 is 133 Å². The number of fused-ring (bicyclic) bond motifs is 2. The van der Waals surface area contributed by atoms with Crippen molar-refractivity contribution in [3.05, 3.63) is 228 Å². The normalized spacial score (nSPS) is 12.3. The number of hydrogen-bond donors (Lipinski definition) is 2. The SMILES string of the molecule is C.C.C1CCOC1.CC(C)=O.CC1(C)CC(=O)CC(=O)C1.CSc1nc(-c2ccc(F)cc2F)c2cc(C(=O)O)c(=O)n(-c3c(F)cc(F)cc3F)c2n1.CSc1nc(-c2ccc(F)cc2F)c2ccc(=O)n(-c3c(F)cc(F)cc3F)c2n1.CSc1nc(Nc2c(F)cc(F)cc2F)c(C=O)c(-c2ccc(F)cc2F)n1.O=C=O. The number of nitrogens with one attached hydrogen (secondary N) is 1. The second-order valence-electron chi connectivity index (χ2n) is 24.3. The molecule has 1 aliphatic heterocycles. The Hall–Kier alpha value is -11.7. The van der Waals surface area contributed by atoms with E-state index in [0.29, 0.717) is 76.6 Å². The van der Waals surface area contributed by atoms with E-state index in [2.05, 4.69) is 35.2 Å². The van der Waals surface area contributed by atoms with E-state index in [-0.39, 0.29) is 134 Å². The molecular weight excluding hydrogens is 1610 g/mol. The number of hydrogen-bond acceptors (Lipinski definition) is 20. The molecule has 2 N–H and O–H groups in total. The lowest BCUT2D eigenvalue weighted by Gasteiger charge is -2.26. The minimum atomic E-state index is -1.75. The molecule has 11 aromatic rings. The molecule has 13 rings (SSSR count). The monoisotopic (exact) mass is 1670 g/mol. The van der Waals surface area contributed by atoms with Crippen LogP contribution in [-0.4, -0.2) is 112 Å². The molecule has 2 aliphatic rings. The average molecular weight is 1670 g/mol. The van der Waals surface area contributed by atoms with Gasteiger partial charge in [0.2, 0.25) is 0 Å². The van der Waals surface area contributed by atoms with E-state index in [1.54, 1.807) is 12.5 Å². The van der Waals surface area contributed by atoms with Gasteiger partial charge in [-0.2, -0.15) is 9.59 Å². The summed E-state index contributed by atoms with van der Waals surface area (Å²) in [6.07, 6.45) is 9.10. The highest BCUT2D eigenvalue weighted by molar-refractivity contribution is 7.98. The summed E-state index contributed by atoms with van der Waals surface area (Å²) in [5, 5.41) is 11.7. The number of carbonyl (C=O) groups is 5. The predicted octanol–water partition coefficient (Wildman–Crippen LogP) is 18.0. The first-order chi connectivity index (χ1) is 53.4. The summed E-state index contributed by atoms with van der Waals surface area (Å²) in [6, 6.07) is 13.5. The second kappa shape index (κ2) is 41.9. The molecule has 0 amide bonds. The molecule has 0 radical (unpaired) electrons. The fourth-order valence-electron chi connectivity index (χ4n) is 10.7. The van der Waals surface area contributed by atoms with Gasteiger partial charge in [-0.3, -0.25) is 33.1 Å². The fraction of sp³-hybridized carbons (Fsp3) is 0.221. The van der Waals surface area contributed by atoms with Gasteiger partial charge in [-0.05, 0) is 99.4 Å². The Morgan fingerprint density at radius 2 is 0.852 bits per heavy atom. The fourth-order valence-corrected chi connectivity index (χ4v) is 11.8. The maximum atomic E-state index is 14.6. The number of Topliss-reactive ketones (excluding diaryl/α,β-unsaturated/α-hetero) is 3. The molecule has 38 heteroatoms. The Kier molecular flexibility index (Phi) is 34.2. The highest BCUT2D eigenvalue weighted by Gasteiger charge is 2.32. The zero-order valence-corrected chi connectivity index (χ0v) is 61.9. The molecule has 20 nitrogen and oxygen atoms in total. The van der Waals surface area contributed by atoms with E-state index in [0.717, 1.165) is 97.0 Å². The number of anilines is 2. The van der Waals surface area contributed by atoms with E-state index >= 15 is 0 Å². The molecule has 1 saturated heterocycles. The number of ether oxygens (including phenoxy) is 1. The summed E-state index contributed by atoms with van der Waals surface area (Å²) in [6.45, 7) is 8.98. The first kappa shape index (κ1) is 93.9. The maximum Gasteiger partial charge on any atom is 0.373 e. The van der Waals surface area contributed by atoms with Crippen LogP contribution in [0, 0.1) is 92.7 Å². The van der Waals surface area contributed by atoms with Crippen molar-refractivity contribution in [2.24, 2.45) is 5.41 Å². The third-order valence-corrected chi connectivity index (χ3v) is 16.8. The molecule has 5 aromatic heterocycles. The van der Waals surface area contributed by atoms with Crippen LogP contribution in [0.25, 0.3) is 67.2 Å². The number of aromatic carboxylic acids is 1. The van der Waals surface area contributed by atoms with Crippen LogP contribution in [0.1, 0.15) is 95.4 Å². The number of aromatic nitrogens is 8. The van der Waals surface area contributed by atoms with Crippen LogP contribution < -0.4 is 16.4 Å². The van der Waals surface area contributed by atoms with Gasteiger partial charge in [0, 0.05) is 114 Å². The van der Waals surface area contributed by atoms with Gasteiger partial charge in [0.1, 0.15) is 98.1 Å². The number of aldehydes is 1. The Balaban J connectivity index is 0.000000269. The zero-order valence-electron chi connectivity index (χ0n) is 59.4. The highest BCUT2D eigenvalue weighted by Crippen LogP contribution is 2.37. The van der Waals surface area contributed by atoms with E-state index in [1.165, 1.54) is 39.0 Å². The summed E-state index contributed by atoms with van der Waals surface area (Å²) >= 11 is 2.99. The van der Waals surface area contributed by atoms with E-state index in [4.69, 9.17) is 14.3 Å². The molecule has 2 fully saturated rings. The van der Waals surface area contributed by atoms with Crippen LogP contribution in [-0.2, 0) is 28.7 Å². The van der Waals surface area contributed by atoms with Crippen LogP contribution in [0.3, 0.4) is 0 Å². The molecule has 115 heavy (non-hydrogen) atoms. The number of ketones is 3. The molecule has 6 heterocycles. The minimum absolute atomic E-state index is 0. The van der Waals surface area contributed by atoms with Crippen LogP contribution in [0.5, 0.6) is 0 Å². The van der Waals surface area contributed by atoms with Crippen molar-refractivity contribution >= 4 is 105 Å². The van der Waals surface area contributed by atoms with Crippen molar-refractivity contribution in [3.8, 4) is 45.1 Å². The summed E-state index contributed by atoms with van der Waals surface area (Å²) < 4.78 is 215. The molecule has 6 aromatic carbocycles. The number of thioether (sulfide) groups is 3. The Morgan fingerprint density at radius 1 is 0.496 bits per heavy atom. The Morgan fingerprint density at radius 3 is 1.22 bits per heavy atom. The summed E-state index contributed by atoms with van der Waals surface area (Å²) in [5.41, 5.74) is -7.90.